The molecule has 1 N–H and O–H groups in total. The molecule has 1 aliphatic rings. The van der Waals surface area contributed by atoms with Crippen LogP contribution in [0, 0.1) is 23.7 Å². The van der Waals surface area contributed by atoms with Crippen molar-refractivity contribution in [2.24, 2.45) is 11.8 Å². The van der Waals surface area contributed by atoms with Crippen LogP contribution in [0.2, 0.25) is 0 Å². The molecule has 1 aliphatic carbocycles. The van der Waals surface area contributed by atoms with Crippen LogP contribution in [0.3, 0.4) is 0 Å². The van der Waals surface area contributed by atoms with Crippen molar-refractivity contribution in [3.05, 3.63) is 0 Å². The maximum absolute atomic E-state index is 3.34. The predicted molar refractivity (Wildman–Crippen MR) is 48.2 cm³/mol. The van der Waals surface area contributed by atoms with Crippen molar-refractivity contribution in [2.75, 3.05) is 13.1 Å². The lowest BCUT2D eigenvalue weighted by Crippen LogP contribution is -2.17. The Morgan fingerprint density at radius 1 is 1.45 bits per heavy atom. The zero-order valence-electron chi connectivity index (χ0n) is 7.48. The third-order valence-corrected chi connectivity index (χ3v) is 2.39. The van der Waals surface area contributed by atoms with Gasteiger partial charge in [0, 0.05) is 0 Å². The second-order valence-corrected chi connectivity index (χ2v) is 3.22. The summed E-state index contributed by atoms with van der Waals surface area (Å²) in [7, 11) is 0. The molecule has 1 rings (SSSR count). The van der Waals surface area contributed by atoms with E-state index in [4.69, 9.17) is 0 Å². The van der Waals surface area contributed by atoms with E-state index in [-0.39, 0.29) is 0 Å². The Labute approximate surface area is 69.6 Å². The number of hydrogen-bond donors (Lipinski definition) is 1. The van der Waals surface area contributed by atoms with Gasteiger partial charge in [0.05, 0.1) is 6.54 Å². The first-order valence-electron chi connectivity index (χ1n) is 4.48. The third kappa shape index (κ3) is 2.95. The molecule has 1 saturated carbocycles. The van der Waals surface area contributed by atoms with E-state index in [2.05, 4.69) is 24.1 Å². The molecular weight excluding hydrogens is 134 g/mol. The molecule has 0 aromatic heterocycles. The average Bonchev–Trinajstić information content (AvgIpc) is 2.77. The van der Waals surface area contributed by atoms with Gasteiger partial charge in [0.25, 0.3) is 0 Å². The zero-order chi connectivity index (χ0) is 8.10. The van der Waals surface area contributed by atoms with Crippen LogP contribution in [-0.2, 0) is 0 Å². The maximum atomic E-state index is 3.34. The lowest BCUT2D eigenvalue weighted by Gasteiger charge is -1.97. The standard InChI is InChI=1S/C10H17N/c1-3-5-6-11-8-10-7-9(10)4-2/h9-11H,4,6-8H2,1-2H3/t9-,10+/m1/s1. The minimum absolute atomic E-state index is 0.865. The smallest absolute Gasteiger partial charge is 0.0576 e. The Balaban J connectivity index is 1.92. The van der Waals surface area contributed by atoms with Crippen LogP contribution in [0.5, 0.6) is 0 Å². The number of rotatable bonds is 4. The van der Waals surface area contributed by atoms with E-state index in [1.54, 1.807) is 0 Å². The number of nitrogens with one attached hydrogen (secondary N) is 1. The topological polar surface area (TPSA) is 12.0 Å². The molecule has 0 spiro atoms. The van der Waals surface area contributed by atoms with Crippen LogP contribution in [0.4, 0.5) is 0 Å². The highest BCUT2D eigenvalue weighted by molar-refractivity contribution is 4.97. The molecule has 2 atom stereocenters. The molecule has 0 amide bonds. The molecule has 1 nitrogen and oxygen atoms in total. The number of hydrogen-bond acceptors (Lipinski definition) is 1. The van der Waals surface area contributed by atoms with Crippen molar-refractivity contribution in [3.63, 3.8) is 0 Å². The van der Waals surface area contributed by atoms with E-state index in [0.717, 1.165) is 18.4 Å². The molecule has 0 radical (unpaired) electrons. The Hall–Kier alpha value is -0.480. The summed E-state index contributed by atoms with van der Waals surface area (Å²) in [6, 6.07) is 0. The normalized spacial score (nSPS) is 27.5. The van der Waals surface area contributed by atoms with Gasteiger partial charge in [-0.25, -0.2) is 0 Å². The second kappa shape index (κ2) is 4.41. The first-order valence-corrected chi connectivity index (χ1v) is 4.48. The van der Waals surface area contributed by atoms with Crippen LogP contribution < -0.4 is 5.32 Å². The van der Waals surface area contributed by atoms with Crippen molar-refractivity contribution in [1.29, 1.82) is 0 Å². The van der Waals surface area contributed by atoms with E-state index < -0.39 is 0 Å². The van der Waals surface area contributed by atoms with Gasteiger partial charge in [0.15, 0.2) is 0 Å². The quantitative estimate of drug-likeness (QED) is 0.476. The molecule has 0 bridgehead atoms. The highest BCUT2D eigenvalue weighted by Crippen LogP contribution is 2.40. The predicted octanol–water partition coefficient (Wildman–Crippen LogP) is 1.65. The lowest BCUT2D eigenvalue weighted by atomic mass is 10.2. The fourth-order valence-corrected chi connectivity index (χ4v) is 1.47. The van der Waals surface area contributed by atoms with Gasteiger partial charge in [-0.3, -0.25) is 0 Å². The van der Waals surface area contributed by atoms with Crippen molar-refractivity contribution < 1.29 is 0 Å². The lowest BCUT2D eigenvalue weighted by molar-refractivity contribution is 0.620. The Kier molecular flexibility index (Phi) is 3.45. The van der Waals surface area contributed by atoms with E-state index in [1.807, 2.05) is 6.92 Å². The summed E-state index contributed by atoms with van der Waals surface area (Å²) in [5.41, 5.74) is 0. The van der Waals surface area contributed by atoms with Gasteiger partial charge in [0.2, 0.25) is 0 Å². The summed E-state index contributed by atoms with van der Waals surface area (Å²) < 4.78 is 0. The molecular formula is C10H17N. The zero-order valence-corrected chi connectivity index (χ0v) is 7.48. The van der Waals surface area contributed by atoms with Gasteiger partial charge in [-0.2, -0.15) is 0 Å². The van der Waals surface area contributed by atoms with Gasteiger partial charge in [-0.15, -0.1) is 5.92 Å². The van der Waals surface area contributed by atoms with E-state index in [0.29, 0.717) is 0 Å². The summed E-state index contributed by atoms with van der Waals surface area (Å²) in [6.07, 6.45) is 2.79. The molecule has 0 unspecified atom stereocenters. The van der Waals surface area contributed by atoms with E-state index in [9.17, 15) is 0 Å². The fraction of sp³-hybridized carbons (Fsp3) is 0.800. The summed E-state index contributed by atoms with van der Waals surface area (Å²) in [5, 5.41) is 3.34. The Morgan fingerprint density at radius 2 is 2.27 bits per heavy atom. The Bertz CT molecular complexity index is 163. The SMILES string of the molecule is CC#CCNC[C@@H]1C[C@H]1CC. The molecule has 0 heterocycles. The van der Waals surface area contributed by atoms with Crippen LogP contribution in [0.15, 0.2) is 0 Å². The molecule has 0 aromatic rings. The molecule has 11 heavy (non-hydrogen) atoms. The molecule has 0 aliphatic heterocycles. The molecule has 0 aromatic carbocycles. The fourth-order valence-electron chi connectivity index (χ4n) is 1.47. The second-order valence-electron chi connectivity index (χ2n) is 3.22. The van der Waals surface area contributed by atoms with E-state index >= 15 is 0 Å². The minimum atomic E-state index is 0.865. The average molecular weight is 151 g/mol. The van der Waals surface area contributed by atoms with Crippen molar-refractivity contribution in [3.8, 4) is 11.8 Å². The largest absolute Gasteiger partial charge is 0.306 e. The minimum Gasteiger partial charge on any atom is -0.306 e. The van der Waals surface area contributed by atoms with Crippen LogP contribution in [-0.4, -0.2) is 13.1 Å². The van der Waals surface area contributed by atoms with Crippen LogP contribution >= 0.6 is 0 Å². The molecule has 0 saturated heterocycles. The van der Waals surface area contributed by atoms with Gasteiger partial charge in [-0.05, 0) is 31.7 Å². The highest BCUT2D eigenvalue weighted by Gasteiger charge is 2.34. The van der Waals surface area contributed by atoms with Crippen molar-refractivity contribution in [2.45, 2.75) is 26.7 Å². The van der Waals surface area contributed by atoms with Gasteiger partial charge in [0.1, 0.15) is 0 Å². The molecule has 1 heteroatoms. The Morgan fingerprint density at radius 3 is 2.82 bits per heavy atom. The molecule has 62 valence electrons. The first kappa shape index (κ1) is 8.62. The van der Waals surface area contributed by atoms with Gasteiger partial charge >= 0.3 is 0 Å². The highest BCUT2D eigenvalue weighted by atomic mass is 14.9. The van der Waals surface area contributed by atoms with Gasteiger partial charge < -0.3 is 5.32 Å². The summed E-state index contributed by atoms with van der Waals surface area (Å²) in [4.78, 5) is 0. The first-order chi connectivity index (χ1) is 5.38. The van der Waals surface area contributed by atoms with Crippen LogP contribution in [0.1, 0.15) is 26.7 Å². The van der Waals surface area contributed by atoms with Crippen molar-refractivity contribution >= 4 is 0 Å². The van der Waals surface area contributed by atoms with E-state index in [1.165, 1.54) is 19.4 Å². The summed E-state index contributed by atoms with van der Waals surface area (Å²) in [5.74, 6) is 7.85. The monoisotopic (exact) mass is 151 g/mol. The maximum Gasteiger partial charge on any atom is 0.0576 e. The summed E-state index contributed by atoms with van der Waals surface area (Å²) >= 11 is 0. The van der Waals surface area contributed by atoms with Crippen molar-refractivity contribution in [1.82, 2.24) is 5.32 Å². The van der Waals surface area contributed by atoms with Gasteiger partial charge in [-0.1, -0.05) is 19.3 Å². The third-order valence-electron chi connectivity index (χ3n) is 2.39. The van der Waals surface area contributed by atoms with Crippen LogP contribution in [0.25, 0.3) is 0 Å². The molecule has 1 fully saturated rings. The summed E-state index contributed by atoms with van der Waals surface area (Å²) in [6.45, 7) is 6.20.